The quantitative estimate of drug-likeness (QED) is 0.202. The van der Waals surface area contributed by atoms with Crippen LogP contribution in [0.5, 0.6) is 0 Å². The van der Waals surface area contributed by atoms with Gasteiger partial charge in [-0.3, -0.25) is 0 Å². The van der Waals surface area contributed by atoms with Gasteiger partial charge >= 0.3 is 0 Å². The standard InChI is InChI=1S/C39H21N5/c1-42-33-22-25(23-40)21-32(39(33)44-36-19-8-4-14-29(36)30-15-5-9-20-37(30)44)31-16-10-11-26(24-41)38(31)43-34-17-6-2-12-27(34)28-13-3-7-18-35(28)43/h2-22H. The summed E-state index contributed by atoms with van der Waals surface area (Å²) in [5.41, 5.74) is 7.94. The predicted molar refractivity (Wildman–Crippen MR) is 176 cm³/mol. The number of fused-ring (bicyclic) bond motifs is 6. The molecule has 0 atom stereocenters. The molecule has 0 fully saturated rings. The lowest BCUT2D eigenvalue weighted by atomic mass is 9.95. The number of hydrogen-bond donors (Lipinski definition) is 0. The van der Waals surface area contributed by atoms with Gasteiger partial charge in [0.25, 0.3) is 0 Å². The topological polar surface area (TPSA) is 61.8 Å². The molecule has 5 heteroatoms. The summed E-state index contributed by atoms with van der Waals surface area (Å²) in [6.45, 7) is 8.27. The first-order valence-corrected chi connectivity index (χ1v) is 14.2. The third-order valence-electron chi connectivity index (χ3n) is 8.39. The van der Waals surface area contributed by atoms with Crippen LogP contribution in [0.3, 0.4) is 0 Å². The van der Waals surface area contributed by atoms with Crippen molar-refractivity contribution in [3.05, 3.63) is 150 Å². The lowest BCUT2D eigenvalue weighted by Gasteiger charge is -2.21. The Morgan fingerprint density at radius 1 is 0.500 bits per heavy atom. The first kappa shape index (κ1) is 25.1. The van der Waals surface area contributed by atoms with E-state index in [2.05, 4.69) is 74.6 Å². The van der Waals surface area contributed by atoms with Crippen LogP contribution in [0.25, 0.3) is 71.0 Å². The lowest BCUT2D eigenvalue weighted by Crippen LogP contribution is -2.04. The minimum atomic E-state index is 0.362. The highest BCUT2D eigenvalue weighted by Crippen LogP contribution is 2.45. The van der Waals surface area contributed by atoms with Crippen LogP contribution in [-0.2, 0) is 0 Å². The molecule has 2 aromatic heterocycles. The van der Waals surface area contributed by atoms with Crippen molar-refractivity contribution in [2.24, 2.45) is 0 Å². The van der Waals surface area contributed by atoms with E-state index in [0.29, 0.717) is 33.8 Å². The highest BCUT2D eigenvalue weighted by Gasteiger charge is 2.24. The van der Waals surface area contributed by atoms with E-state index in [1.165, 1.54) is 0 Å². The maximum Gasteiger partial charge on any atom is 0.212 e. The zero-order valence-corrected chi connectivity index (χ0v) is 23.4. The van der Waals surface area contributed by atoms with E-state index in [4.69, 9.17) is 6.57 Å². The minimum Gasteiger partial charge on any atom is -0.318 e. The zero-order valence-electron chi connectivity index (χ0n) is 23.4. The molecule has 202 valence electrons. The Bertz CT molecular complexity index is 2490. The maximum absolute atomic E-state index is 10.5. The van der Waals surface area contributed by atoms with Crippen LogP contribution >= 0.6 is 0 Å². The van der Waals surface area contributed by atoms with Crippen molar-refractivity contribution in [3.63, 3.8) is 0 Å². The van der Waals surface area contributed by atoms with Crippen LogP contribution in [0.15, 0.2) is 127 Å². The van der Waals surface area contributed by atoms with Gasteiger partial charge in [-0.2, -0.15) is 10.5 Å². The van der Waals surface area contributed by atoms with Gasteiger partial charge in [0.15, 0.2) is 0 Å². The summed E-state index contributed by atoms with van der Waals surface area (Å²) in [7, 11) is 0. The molecular formula is C39H21N5. The van der Waals surface area contributed by atoms with Crippen LogP contribution in [-0.4, -0.2) is 9.13 Å². The van der Waals surface area contributed by atoms with Crippen LogP contribution in [0.1, 0.15) is 11.1 Å². The van der Waals surface area contributed by atoms with Crippen molar-refractivity contribution >= 4 is 49.3 Å². The normalized spacial score (nSPS) is 11.1. The van der Waals surface area contributed by atoms with Crippen molar-refractivity contribution in [3.8, 4) is 34.6 Å². The summed E-state index contributed by atoms with van der Waals surface area (Å²) >= 11 is 0. The van der Waals surface area contributed by atoms with E-state index in [1.54, 1.807) is 6.07 Å². The summed E-state index contributed by atoms with van der Waals surface area (Å²) in [6.07, 6.45) is 0. The third kappa shape index (κ3) is 3.50. The molecule has 0 aliphatic carbocycles. The molecule has 0 saturated carbocycles. The molecule has 0 amide bonds. The molecule has 8 aromatic rings. The number of rotatable bonds is 3. The average Bonchev–Trinajstić information content (AvgIpc) is 3.60. The van der Waals surface area contributed by atoms with Gasteiger partial charge in [-0.25, -0.2) is 4.85 Å². The van der Waals surface area contributed by atoms with E-state index in [-0.39, 0.29) is 0 Å². The number of para-hydroxylation sites is 5. The molecule has 0 spiro atoms. The van der Waals surface area contributed by atoms with Crippen molar-refractivity contribution in [1.82, 2.24) is 9.13 Å². The number of benzene rings is 6. The summed E-state index contributed by atoms with van der Waals surface area (Å²) in [5.74, 6) is 0. The van der Waals surface area contributed by atoms with Crippen LogP contribution < -0.4 is 0 Å². The van der Waals surface area contributed by atoms with Gasteiger partial charge in [-0.05, 0) is 48.0 Å². The van der Waals surface area contributed by atoms with Gasteiger partial charge in [-0.15, -0.1) is 0 Å². The van der Waals surface area contributed by atoms with Gasteiger partial charge in [0.1, 0.15) is 6.07 Å². The molecule has 44 heavy (non-hydrogen) atoms. The molecule has 0 radical (unpaired) electrons. The molecule has 5 nitrogen and oxygen atoms in total. The Labute approximate surface area is 253 Å². The fourth-order valence-corrected chi connectivity index (χ4v) is 6.63. The van der Waals surface area contributed by atoms with Gasteiger partial charge in [-0.1, -0.05) is 84.9 Å². The van der Waals surface area contributed by atoms with E-state index in [1.807, 2.05) is 72.8 Å². The second-order valence-electron chi connectivity index (χ2n) is 10.7. The monoisotopic (exact) mass is 559 g/mol. The van der Waals surface area contributed by atoms with E-state index in [9.17, 15) is 10.5 Å². The summed E-state index contributed by atoms with van der Waals surface area (Å²) in [4.78, 5) is 3.98. The van der Waals surface area contributed by atoms with E-state index >= 15 is 0 Å². The molecule has 2 heterocycles. The summed E-state index contributed by atoms with van der Waals surface area (Å²) in [6, 6.07) is 46.6. The molecule has 0 bridgehead atoms. The highest BCUT2D eigenvalue weighted by molar-refractivity contribution is 6.12. The first-order chi connectivity index (χ1) is 21.7. The van der Waals surface area contributed by atoms with E-state index in [0.717, 1.165) is 49.2 Å². The predicted octanol–water partition coefficient (Wildman–Crippen LogP) is 9.84. The Hall–Kier alpha value is -6.61. The smallest absolute Gasteiger partial charge is 0.212 e. The second kappa shape index (κ2) is 9.74. The number of nitrogens with zero attached hydrogens (tertiary/aromatic N) is 5. The van der Waals surface area contributed by atoms with E-state index < -0.39 is 0 Å². The van der Waals surface area contributed by atoms with Crippen LogP contribution in [0.4, 0.5) is 5.69 Å². The van der Waals surface area contributed by atoms with Crippen LogP contribution in [0, 0.1) is 29.2 Å². The van der Waals surface area contributed by atoms with Crippen LogP contribution in [0.2, 0.25) is 0 Å². The largest absolute Gasteiger partial charge is 0.318 e. The molecular weight excluding hydrogens is 538 g/mol. The first-order valence-electron chi connectivity index (χ1n) is 14.2. The summed E-state index contributed by atoms with van der Waals surface area (Å²) in [5, 5.41) is 24.9. The Morgan fingerprint density at radius 3 is 1.43 bits per heavy atom. The maximum atomic E-state index is 10.5. The zero-order chi connectivity index (χ0) is 29.8. The number of nitriles is 2. The Balaban J connectivity index is 1.58. The number of aromatic nitrogens is 2. The fourth-order valence-electron chi connectivity index (χ4n) is 6.63. The molecule has 0 aliphatic rings. The van der Waals surface area contributed by atoms with Gasteiger partial charge in [0.05, 0.1) is 51.6 Å². The Kier molecular flexibility index (Phi) is 5.56. The number of hydrogen-bond acceptors (Lipinski definition) is 2. The molecule has 0 aliphatic heterocycles. The SMILES string of the molecule is [C-]#[N+]c1cc(C#N)cc(-c2cccc(C#N)c2-n2c3ccccc3c3ccccc32)c1-n1c2ccccc2c2ccccc21. The van der Waals surface area contributed by atoms with Gasteiger partial charge < -0.3 is 9.13 Å². The summed E-state index contributed by atoms with van der Waals surface area (Å²) < 4.78 is 4.27. The average molecular weight is 560 g/mol. The third-order valence-corrected chi connectivity index (χ3v) is 8.39. The van der Waals surface area contributed by atoms with Crippen molar-refractivity contribution in [2.75, 3.05) is 0 Å². The van der Waals surface area contributed by atoms with Gasteiger partial charge in [0, 0.05) is 32.7 Å². The fraction of sp³-hybridized carbons (Fsp3) is 0. The molecule has 8 rings (SSSR count). The van der Waals surface area contributed by atoms with Crippen molar-refractivity contribution in [2.45, 2.75) is 0 Å². The van der Waals surface area contributed by atoms with Crippen molar-refractivity contribution in [1.29, 1.82) is 10.5 Å². The minimum absolute atomic E-state index is 0.362. The molecule has 0 unspecified atom stereocenters. The molecule has 0 saturated heterocycles. The Morgan fingerprint density at radius 2 is 0.977 bits per heavy atom. The lowest BCUT2D eigenvalue weighted by molar-refractivity contribution is 1.15. The molecule has 6 aromatic carbocycles. The van der Waals surface area contributed by atoms with Gasteiger partial charge in [0.2, 0.25) is 5.69 Å². The highest BCUT2D eigenvalue weighted by atomic mass is 15.0. The molecule has 0 N–H and O–H groups in total. The van der Waals surface area contributed by atoms with Crippen molar-refractivity contribution < 1.29 is 0 Å². The second-order valence-corrected chi connectivity index (χ2v) is 10.7.